The summed E-state index contributed by atoms with van der Waals surface area (Å²) in [7, 11) is 0. The third-order valence-electron chi connectivity index (χ3n) is 4.57. The van der Waals surface area contributed by atoms with E-state index in [1.807, 2.05) is 0 Å². The zero-order valence-electron chi connectivity index (χ0n) is 16.8. The summed E-state index contributed by atoms with van der Waals surface area (Å²) in [4.78, 5) is 17.2. The Kier molecular flexibility index (Phi) is 5.27. The minimum atomic E-state index is -4.52. The van der Waals surface area contributed by atoms with Gasteiger partial charge in [0.25, 0.3) is 0 Å². The van der Waals surface area contributed by atoms with Gasteiger partial charge in [0.15, 0.2) is 17.3 Å². The van der Waals surface area contributed by atoms with Crippen LogP contribution in [0.5, 0.6) is 5.75 Å². The number of halogens is 3. The van der Waals surface area contributed by atoms with Gasteiger partial charge in [0.1, 0.15) is 12.0 Å². The Morgan fingerprint density at radius 2 is 1.73 bits per heavy atom. The van der Waals surface area contributed by atoms with Crippen molar-refractivity contribution in [2.24, 2.45) is 0 Å². The van der Waals surface area contributed by atoms with Gasteiger partial charge in [0, 0.05) is 5.92 Å². The standard InChI is InChI=1S/C20H20F3N5O2/c1-6-14-24-9-27(25-14)17-18(29)15(10(2)3)26-28(19(17)30)16-11(4)7-13(8-12(16)5)20(21,22)23/h6-10,29H,1H2,2-5H3. The number of aryl methyl sites for hydroxylation is 2. The first-order valence-corrected chi connectivity index (χ1v) is 9.05. The van der Waals surface area contributed by atoms with Crippen molar-refractivity contribution in [2.75, 3.05) is 0 Å². The lowest BCUT2D eigenvalue weighted by Gasteiger charge is -2.19. The molecule has 0 aliphatic carbocycles. The smallest absolute Gasteiger partial charge is 0.416 e. The summed E-state index contributed by atoms with van der Waals surface area (Å²) in [5.41, 5.74) is -0.929. The summed E-state index contributed by atoms with van der Waals surface area (Å²) < 4.78 is 41.6. The van der Waals surface area contributed by atoms with E-state index in [4.69, 9.17) is 0 Å². The molecule has 1 aromatic carbocycles. The Hall–Kier alpha value is -3.43. The lowest BCUT2D eigenvalue weighted by atomic mass is 10.0. The molecule has 0 amide bonds. The van der Waals surface area contributed by atoms with Gasteiger partial charge in [-0.05, 0) is 43.2 Å². The van der Waals surface area contributed by atoms with E-state index in [1.165, 1.54) is 26.3 Å². The summed E-state index contributed by atoms with van der Waals surface area (Å²) >= 11 is 0. The summed E-state index contributed by atoms with van der Waals surface area (Å²) in [6.45, 7) is 10.0. The molecule has 0 radical (unpaired) electrons. The first kappa shape index (κ1) is 21.3. The number of hydrogen-bond acceptors (Lipinski definition) is 5. The van der Waals surface area contributed by atoms with Crippen molar-refractivity contribution >= 4 is 6.08 Å². The Balaban J connectivity index is 2.37. The molecule has 0 bridgehead atoms. The van der Waals surface area contributed by atoms with Crippen LogP contribution in [0, 0.1) is 13.8 Å². The molecule has 1 N–H and O–H groups in total. The molecule has 2 heterocycles. The Bertz CT molecular complexity index is 1170. The molecule has 30 heavy (non-hydrogen) atoms. The predicted octanol–water partition coefficient (Wildman–Crippen LogP) is 3.92. The fraction of sp³-hybridized carbons (Fsp3) is 0.300. The molecule has 0 atom stereocenters. The number of alkyl halides is 3. The highest BCUT2D eigenvalue weighted by Crippen LogP contribution is 2.33. The molecule has 7 nitrogen and oxygen atoms in total. The maximum Gasteiger partial charge on any atom is 0.416 e. The zero-order chi connectivity index (χ0) is 22.4. The van der Waals surface area contributed by atoms with Crippen LogP contribution in [0.1, 0.15) is 48.0 Å². The number of aromatic nitrogens is 5. The third-order valence-corrected chi connectivity index (χ3v) is 4.57. The van der Waals surface area contributed by atoms with E-state index in [0.717, 1.165) is 21.5 Å². The first-order chi connectivity index (χ1) is 14.0. The number of rotatable bonds is 4. The average molecular weight is 419 g/mol. The molecular weight excluding hydrogens is 399 g/mol. The largest absolute Gasteiger partial charge is 0.504 e. The number of nitrogens with zero attached hydrogens (tertiary/aromatic N) is 5. The van der Waals surface area contributed by atoms with Gasteiger partial charge in [0.2, 0.25) is 0 Å². The first-order valence-electron chi connectivity index (χ1n) is 9.05. The van der Waals surface area contributed by atoms with Gasteiger partial charge < -0.3 is 5.11 Å². The van der Waals surface area contributed by atoms with Crippen molar-refractivity contribution in [3.63, 3.8) is 0 Å². The molecular formula is C20H20F3N5O2. The van der Waals surface area contributed by atoms with Crippen molar-refractivity contribution < 1.29 is 18.3 Å². The van der Waals surface area contributed by atoms with Gasteiger partial charge in [0.05, 0.1) is 11.3 Å². The third kappa shape index (κ3) is 3.60. The maximum absolute atomic E-state index is 13.3. The Morgan fingerprint density at radius 3 is 2.20 bits per heavy atom. The Labute approximate surface area is 170 Å². The number of benzene rings is 1. The van der Waals surface area contributed by atoms with Gasteiger partial charge in [-0.3, -0.25) is 4.79 Å². The van der Waals surface area contributed by atoms with Crippen molar-refractivity contribution in [2.45, 2.75) is 39.8 Å². The zero-order valence-corrected chi connectivity index (χ0v) is 16.8. The van der Waals surface area contributed by atoms with E-state index in [2.05, 4.69) is 21.8 Å². The minimum Gasteiger partial charge on any atom is -0.504 e. The highest BCUT2D eigenvalue weighted by Gasteiger charge is 2.32. The Morgan fingerprint density at radius 1 is 1.13 bits per heavy atom. The minimum absolute atomic E-state index is 0.193. The summed E-state index contributed by atoms with van der Waals surface area (Å²) in [5.74, 6) is -0.410. The second kappa shape index (κ2) is 7.43. The normalized spacial score (nSPS) is 11.9. The molecule has 0 saturated carbocycles. The van der Waals surface area contributed by atoms with Crippen LogP contribution in [-0.4, -0.2) is 29.7 Å². The van der Waals surface area contributed by atoms with Crippen LogP contribution < -0.4 is 5.56 Å². The molecule has 0 aliphatic rings. The van der Waals surface area contributed by atoms with E-state index < -0.39 is 17.3 Å². The van der Waals surface area contributed by atoms with E-state index in [1.54, 1.807) is 13.8 Å². The molecule has 158 valence electrons. The fourth-order valence-corrected chi connectivity index (χ4v) is 3.20. The molecule has 3 rings (SSSR count). The highest BCUT2D eigenvalue weighted by molar-refractivity contribution is 5.53. The summed E-state index contributed by atoms with van der Waals surface area (Å²) in [6.07, 6.45) is -1.90. The van der Waals surface area contributed by atoms with Gasteiger partial charge in [-0.15, -0.1) is 5.10 Å². The van der Waals surface area contributed by atoms with Gasteiger partial charge in [-0.2, -0.15) is 23.0 Å². The van der Waals surface area contributed by atoms with Gasteiger partial charge in [-0.25, -0.2) is 9.67 Å². The van der Waals surface area contributed by atoms with Crippen molar-refractivity contribution in [3.8, 4) is 17.1 Å². The summed E-state index contributed by atoms with van der Waals surface area (Å²) in [5, 5.41) is 19.0. The lowest BCUT2D eigenvalue weighted by molar-refractivity contribution is -0.137. The maximum atomic E-state index is 13.3. The van der Waals surface area contributed by atoms with Gasteiger partial charge >= 0.3 is 11.7 Å². The topological polar surface area (TPSA) is 85.8 Å². The van der Waals surface area contributed by atoms with Crippen molar-refractivity contribution in [3.05, 3.63) is 63.6 Å². The van der Waals surface area contributed by atoms with Crippen LogP contribution in [0.4, 0.5) is 13.2 Å². The second-order valence-electron chi connectivity index (χ2n) is 7.16. The quantitative estimate of drug-likeness (QED) is 0.693. The van der Waals surface area contributed by atoms with E-state index in [-0.39, 0.29) is 45.7 Å². The van der Waals surface area contributed by atoms with Crippen molar-refractivity contribution in [1.82, 2.24) is 24.5 Å². The van der Waals surface area contributed by atoms with Crippen molar-refractivity contribution in [1.29, 1.82) is 0 Å². The molecule has 10 heteroatoms. The second-order valence-corrected chi connectivity index (χ2v) is 7.16. The number of aromatic hydroxyl groups is 1. The van der Waals surface area contributed by atoms with Gasteiger partial charge in [-0.1, -0.05) is 20.4 Å². The highest BCUT2D eigenvalue weighted by atomic mass is 19.4. The SMILES string of the molecule is C=Cc1ncn(-c2c(O)c(C(C)C)nn(-c3c(C)cc(C(F)(F)F)cc3C)c2=O)n1. The fourth-order valence-electron chi connectivity index (χ4n) is 3.20. The van der Waals surface area contributed by atoms with Crippen LogP contribution in [0.15, 0.2) is 29.8 Å². The number of hydrogen-bond donors (Lipinski definition) is 1. The van der Waals surface area contributed by atoms with E-state index in [0.29, 0.717) is 0 Å². The molecule has 0 saturated heterocycles. The van der Waals surface area contributed by atoms with Crippen LogP contribution in [0.25, 0.3) is 17.5 Å². The molecule has 2 aromatic heterocycles. The van der Waals surface area contributed by atoms with Crippen LogP contribution >= 0.6 is 0 Å². The van der Waals surface area contributed by atoms with Crippen LogP contribution in [0.3, 0.4) is 0 Å². The predicted molar refractivity (Wildman–Crippen MR) is 105 cm³/mol. The molecule has 0 unspecified atom stereocenters. The van der Waals surface area contributed by atoms with Crippen LogP contribution in [0.2, 0.25) is 0 Å². The lowest BCUT2D eigenvalue weighted by Crippen LogP contribution is -2.29. The molecule has 0 fully saturated rings. The van der Waals surface area contributed by atoms with Crippen LogP contribution in [-0.2, 0) is 6.18 Å². The van der Waals surface area contributed by atoms with E-state index >= 15 is 0 Å². The monoisotopic (exact) mass is 419 g/mol. The molecule has 3 aromatic rings. The average Bonchev–Trinajstić information content (AvgIpc) is 3.10. The molecule has 0 aliphatic heterocycles. The van der Waals surface area contributed by atoms with E-state index in [9.17, 15) is 23.1 Å². The summed E-state index contributed by atoms with van der Waals surface area (Å²) in [6, 6.07) is 1.92. The molecule has 0 spiro atoms.